The molecule has 0 saturated heterocycles. The zero-order valence-electron chi connectivity index (χ0n) is 9.01. The van der Waals surface area contributed by atoms with Crippen molar-refractivity contribution in [3.63, 3.8) is 0 Å². The molecule has 5 nitrogen and oxygen atoms in total. The number of carbonyl (C=O) groups excluding carboxylic acids is 1. The Balaban J connectivity index is 2.43. The van der Waals surface area contributed by atoms with E-state index in [0.717, 1.165) is 0 Å². The summed E-state index contributed by atoms with van der Waals surface area (Å²) in [5.41, 5.74) is 0.0250. The summed E-state index contributed by atoms with van der Waals surface area (Å²) >= 11 is 0. The van der Waals surface area contributed by atoms with Gasteiger partial charge in [-0.3, -0.25) is 14.9 Å². The third kappa shape index (κ3) is 3.68. The Kier molecular flexibility index (Phi) is 4.44. The molecule has 0 aromatic heterocycles. The highest BCUT2D eigenvalue weighted by Gasteiger charge is 2.04. The molecule has 0 aliphatic heterocycles. The lowest BCUT2D eigenvalue weighted by molar-refractivity contribution is -0.384. The van der Waals surface area contributed by atoms with Gasteiger partial charge in [0.05, 0.1) is 11.5 Å². The van der Waals surface area contributed by atoms with E-state index in [0.29, 0.717) is 25.2 Å². The van der Waals surface area contributed by atoms with Crippen LogP contribution in [0.2, 0.25) is 0 Å². The standard InChI is InChI=1S/C11H13NO4/c1-2-10(13)7-8-16-11-5-3-9(4-6-11)12(14)15/h3-6H,2,7-8H2,1H3. The SMILES string of the molecule is CCC(=O)CCOc1ccc([N+](=O)[O-])cc1. The van der Waals surface area contributed by atoms with Crippen molar-refractivity contribution in [3.05, 3.63) is 34.4 Å². The zero-order chi connectivity index (χ0) is 12.0. The van der Waals surface area contributed by atoms with E-state index in [9.17, 15) is 14.9 Å². The topological polar surface area (TPSA) is 69.4 Å². The number of benzene rings is 1. The molecule has 0 aliphatic carbocycles. The van der Waals surface area contributed by atoms with E-state index >= 15 is 0 Å². The molecule has 0 aliphatic rings. The molecular weight excluding hydrogens is 210 g/mol. The van der Waals surface area contributed by atoms with E-state index in [2.05, 4.69) is 0 Å². The Morgan fingerprint density at radius 3 is 2.50 bits per heavy atom. The van der Waals surface area contributed by atoms with Gasteiger partial charge >= 0.3 is 0 Å². The van der Waals surface area contributed by atoms with Crippen LogP contribution in [-0.4, -0.2) is 17.3 Å². The van der Waals surface area contributed by atoms with Crippen LogP contribution >= 0.6 is 0 Å². The maximum Gasteiger partial charge on any atom is 0.269 e. The van der Waals surface area contributed by atoms with Crippen molar-refractivity contribution in [2.45, 2.75) is 19.8 Å². The van der Waals surface area contributed by atoms with Gasteiger partial charge in [-0.05, 0) is 12.1 Å². The lowest BCUT2D eigenvalue weighted by Gasteiger charge is -2.04. The molecule has 0 bridgehead atoms. The van der Waals surface area contributed by atoms with Crippen LogP contribution in [0.3, 0.4) is 0 Å². The van der Waals surface area contributed by atoms with Crippen molar-refractivity contribution in [2.24, 2.45) is 0 Å². The Bertz CT molecular complexity index is 372. The van der Waals surface area contributed by atoms with E-state index in [4.69, 9.17) is 4.74 Å². The molecule has 16 heavy (non-hydrogen) atoms. The van der Waals surface area contributed by atoms with Crippen molar-refractivity contribution >= 4 is 11.5 Å². The van der Waals surface area contributed by atoms with Crippen LogP contribution in [0.25, 0.3) is 0 Å². The van der Waals surface area contributed by atoms with Gasteiger partial charge in [0, 0.05) is 25.0 Å². The summed E-state index contributed by atoms with van der Waals surface area (Å²) in [5, 5.41) is 10.4. The first kappa shape index (κ1) is 12.2. The summed E-state index contributed by atoms with van der Waals surface area (Å²) in [4.78, 5) is 20.9. The summed E-state index contributed by atoms with van der Waals surface area (Å²) in [6.45, 7) is 2.11. The predicted octanol–water partition coefficient (Wildman–Crippen LogP) is 2.34. The van der Waals surface area contributed by atoms with E-state index in [-0.39, 0.29) is 11.5 Å². The molecule has 0 spiro atoms. The minimum Gasteiger partial charge on any atom is -0.493 e. The molecule has 86 valence electrons. The lowest BCUT2D eigenvalue weighted by Crippen LogP contribution is -2.04. The lowest BCUT2D eigenvalue weighted by atomic mass is 10.2. The normalized spacial score (nSPS) is 9.81. The van der Waals surface area contributed by atoms with Gasteiger partial charge in [0.15, 0.2) is 0 Å². The Labute approximate surface area is 93.2 Å². The first-order chi connectivity index (χ1) is 7.63. The number of non-ortho nitro benzene ring substituents is 1. The number of nitro groups is 1. The fraction of sp³-hybridized carbons (Fsp3) is 0.364. The molecule has 1 aromatic carbocycles. The Hall–Kier alpha value is -1.91. The number of hydrogen-bond acceptors (Lipinski definition) is 4. The van der Waals surface area contributed by atoms with Crippen molar-refractivity contribution in [1.82, 2.24) is 0 Å². The molecule has 0 saturated carbocycles. The number of rotatable bonds is 6. The molecule has 0 heterocycles. The molecule has 0 radical (unpaired) electrons. The van der Waals surface area contributed by atoms with Crippen LogP contribution in [0.1, 0.15) is 19.8 Å². The fourth-order valence-corrected chi connectivity index (χ4v) is 1.12. The molecule has 1 aromatic rings. The molecule has 1 rings (SSSR count). The van der Waals surface area contributed by atoms with Crippen LogP contribution in [0.4, 0.5) is 5.69 Å². The quantitative estimate of drug-likeness (QED) is 0.548. The minimum absolute atomic E-state index is 0.0250. The van der Waals surface area contributed by atoms with Crippen LogP contribution in [-0.2, 0) is 4.79 Å². The number of ketones is 1. The number of Topliss-reactive ketones (excluding diaryl/α,β-unsaturated/α-hetero) is 1. The largest absolute Gasteiger partial charge is 0.493 e. The monoisotopic (exact) mass is 223 g/mol. The second-order valence-corrected chi connectivity index (χ2v) is 3.24. The van der Waals surface area contributed by atoms with Crippen molar-refractivity contribution in [2.75, 3.05) is 6.61 Å². The van der Waals surface area contributed by atoms with E-state index < -0.39 is 4.92 Å². The highest BCUT2D eigenvalue weighted by atomic mass is 16.6. The third-order valence-corrected chi connectivity index (χ3v) is 2.09. The van der Waals surface area contributed by atoms with Gasteiger partial charge in [0.2, 0.25) is 0 Å². The first-order valence-corrected chi connectivity index (χ1v) is 5.02. The Morgan fingerprint density at radius 1 is 1.38 bits per heavy atom. The van der Waals surface area contributed by atoms with Crippen molar-refractivity contribution < 1.29 is 14.5 Å². The molecule has 0 N–H and O–H groups in total. The molecule has 0 fully saturated rings. The van der Waals surface area contributed by atoms with Gasteiger partial charge in [-0.25, -0.2) is 0 Å². The fourth-order valence-electron chi connectivity index (χ4n) is 1.12. The number of carbonyl (C=O) groups is 1. The smallest absolute Gasteiger partial charge is 0.269 e. The number of hydrogen-bond donors (Lipinski definition) is 0. The predicted molar refractivity (Wildman–Crippen MR) is 58.5 cm³/mol. The summed E-state index contributed by atoms with van der Waals surface area (Å²) in [7, 11) is 0. The van der Waals surface area contributed by atoms with Gasteiger partial charge in [0.1, 0.15) is 11.5 Å². The second-order valence-electron chi connectivity index (χ2n) is 3.24. The number of ether oxygens (including phenoxy) is 1. The number of nitro benzene ring substituents is 1. The Morgan fingerprint density at radius 2 is 2.00 bits per heavy atom. The minimum atomic E-state index is -0.468. The highest BCUT2D eigenvalue weighted by molar-refractivity contribution is 5.78. The number of nitrogens with zero attached hydrogens (tertiary/aromatic N) is 1. The van der Waals surface area contributed by atoms with Gasteiger partial charge in [-0.1, -0.05) is 6.92 Å². The molecule has 5 heteroatoms. The summed E-state index contributed by atoms with van der Waals surface area (Å²) in [5.74, 6) is 0.677. The molecule has 0 unspecified atom stereocenters. The van der Waals surface area contributed by atoms with Crippen LogP contribution in [0.15, 0.2) is 24.3 Å². The third-order valence-electron chi connectivity index (χ3n) is 2.09. The average Bonchev–Trinajstić information content (AvgIpc) is 2.29. The second kappa shape index (κ2) is 5.85. The molecular formula is C11H13NO4. The van der Waals surface area contributed by atoms with Crippen LogP contribution in [0, 0.1) is 10.1 Å². The maximum atomic E-state index is 11.0. The van der Waals surface area contributed by atoms with Crippen LogP contribution in [0.5, 0.6) is 5.75 Å². The maximum absolute atomic E-state index is 11.0. The first-order valence-electron chi connectivity index (χ1n) is 5.02. The van der Waals surface area contributed by atoms with Crippen LogP contribution < -0.4 is 4.74 Å². The molecule has 0 amide bonds. The van der Waals surface area contributed by atoms with E-state index in [1.165, 1.54) is 24.3 Å². The van der Waals surface area contributed by atoms with Gasteiger partial charge in [-0.2, -0.15) is 0 Å². The molecule has 0 atom stereocenters. The average molecular weight is 223 g/mol. The van der Waals surface area contributed by atoms with Gasteiger partial charge < -0.3 is 4.74 Å². The summed E-state index contributed by atoms with van der Waals surface area (Å²) < 4.78 is 5.27. The zero-order valence-corrected chi connectivity index (χ0v) is 9.01. The van der Waals surface area contributed by atoms with E-state index in [1.807, 2.05) is 0 Å². The van der Waals surface area contributed by atoms with Crippen molar-refractivity contribution in [3.8, 4) is 5.75 Å². The van der Waals surface area contributed by atoms with Gasteiger partial charge in [0.25, 0.3) is 5.69 Å². The van der Waals surface area contributed by atoms with Crippen molar-refractivity contribution in [1.29, 1.82) is 0 Å². The van der Waals surface area contributed by atoms with Gasteiger partial charge in [-0.15, -0.1) is 0 Å². The summed E-state index contributed by atoms with van der Waals surface area (Å²) in [6.07, 6.45) is 0.872. The summed E-state index contributed by atoms with van der Waals surface area (Å²) in [6, 6.07) is 5.79. The van der Waals surface area contributed by atoms with E-state index in [1.54, 1.807) is 6.92 Å². The highest BCUT2D eigenvalue weighted by Crippen LogP contribution is 2.17.